The lowest BCUT2D eigenvalue weighted by atomic mass is 9.89. The van der Waals surface area contributed by atoms with E-state index in [1.165, 1.54) is 25.7 Å². The predicted octanol–water partition coefficient (Wildman–Crippen LogP) is 3.31. The number of fused-ring (bicyclic) bond motifs is 2. The summed E-state index contributed by atoms with van der Waals surface area (Å²) in [6.07, 6.45) is 6.46. The molecule has 0 saturated heterocycles. The van der Waals surface area contributed by atoms with E-state index in [0.29, 0.717) is 5.56 Å². The molecule has 2 fully saturated rings. The van der Waals surface area contributed by atoms with Crippen molar-refractivity contribution in [3.8, 4) is 5.75 Å². The van der Waals surface area contributed by atoms with Gasteiger partial charge in [-0.05, 0) is 49.1 Å². The highest BCUT2D eigenvalue weighted by Gasteiger charge is 2.39. The van der Waals surface area contributed by atoms with Crippen molar-refractivity contribution in [2.45, 2.75) is 25.7 Å². The smallest absolute Gasteiger partial charge is 0.150 e. The van der Waals surface area contributed by atoms with Crippen molar-refractivity contribution < 1.29 is 9.53 Å². The predicted molar refractivity (Wildman–Crippen MR) is 66.3 cm³/mol. The van der Waals surface area contributed by atoms with E-state index in [1.807, 2.05) is 18.2 Å². The molecule has 0 aliphatic heterocycles. The molecule has 2 bridgehead atoms. The first kappa shape index (κ1) is 10.8. The minimum atomic E-state index is 0.690. The molecule has 2 aliphatic rings. The Labute approximate surface area is 102 Å². The van der Waals surface area contributed by atoms with Gasteiger partial charge in [-0.3, -0.25) is 4.79 Å². The highest BCUT2D eigenvalue weighted by molar-refractivity contribution is 5.75. The topological polar surface area (TPSA) is 26.3 Å². The second-order valence-electron chi connectivity index (χ2n) is 5.44. The van der Waals surface area contributed by atoms with Gasteiger partial charge in [0.1, 0.15) is 12.0 Å². The van der Waals surface area contributed by atoms with E-state index in [9.17, 15) is 4.79 Å². The molecule has 0 amide bonds. The number of ether oxygens (including phenoxy) is 1. The number of carbonyl (C=O) groups excluding carboxylic acids is 1. The molecule has 0 heterocycles. The highest BCUT2D eigenvalue weighted by Crippen LogP contribution is 2.48. The highest BCUT2D eigenvalue weighted by atomic mass is 16.5. The van der Waals surface area contributed by atoms with Gasteiger partial charge in [0, 0.05) is 5.56 Å². The van der Waals surface area contributed by atoms with E-state index in [2.05, 4.69) is 0 Å². The van der Waals surface area contributed by atoms with Crippen LogP contribution in [0.25, 0.3) is 0 Å². The van der Waals surface area contributed by atoms with Gasteiger partial charge < -0.3 is 4.74 Å². The molecule has 3 atom stereocenters. The Hall–Kier alpha value is -1.31. The Bertz CT molecular complexity index is 413. The zero-order valence-corrected chi connectivity index (χ0v) is 9.97. The van der Waals surface area contributed by atoms with Crippen molar-refractivity contribution in [1.82, 2.24) is 0 Å². The number of rotatable bonds is 4. The van der Waals surface area contributed by atoms with E-state index >= 15 is 0 Å². The summed E-state index contributed by atoms with van der Waals surface area (Å²) in [6.45, 7) is 0.823. The van der Waals surface area contributed by atoms with Gasteiger partial charge in [0.25, 0.3) is 0 Å². The first-order valence-electron chi connectivity index (χ1n) is 6.53. The van der Waals surface area contributed by atoms with Gasteiger partial charge in [-0.2, -0.15) is 0 Å². The molecule has 2 aliphatic carbocycles. The fraction of sp³-hybridized carbons (Fsp3) is 0.533. The molecule has 0 spiro atoms. The maximum absolute atomic E-state index is 10.7. The summed E-state index contributed by atoms with van der Waals surface area (Å²) < 4.78 is 5.83. The molecule has 1 aromatic rings. The van der Waals surface area contributed by atoms with Crippen LogP contribution in [0.3, 0.4) is 0 Å². The first-order valence-corrected chi connectivity index (χ1v) is 6.53. The van der Waals surface area contributed by atoms with E-state index in [1.54, 1.807) is 6.07 Å². The van der Waals surface area contributed by atoms with E-state index < -0.39 is 0 Å². The Kier molecular flexibility index (Phi) is 2.87. The van der Waals surface area contributed by atoms with Crippen LogP contribution in [0.2, 0.25) is 0 Å². The van der Waals surface area contributed by atoms with E-state index in [4.69, 9.17) is 4.74 Å². The molecule has 1 aromatic carbocycles. The van der Waals surface area contributed by atoms with Crippen molar-refractivity contribution in [2.75, 3.05) is 6.61 Å². The van der Waals surface area contributed by atoms with Gasteiger partial charge in [-0.25, -0.2) is 0 Å². The molecule has 90 valence electrons. The largest absolute Gasteiger partial charge is 0.493 e. The van der Waals surface area contributed by atoms with Crippen molar-refractivity contribution >= 4 is 6.29 Å². The number of carbonyl (C=O) groups is 1. The number of benzene rings is 1. The fourth-order valence-corrected chi connectivity index (χ4v) is 3.46. The van der Waals surface area contributed by atoms with Gasteiger partial charge in [-0.1, -0.05) is 18.6 Å². The molecule has 17 heavy (non-hydrogen) atoms. The lowest BCUT2D eigenvalue weighted by molar-refractivity contribution is 0.112. The number of aldehydes is 1. The van der Waals surface area contributed by atoms with Crippen molar-refractivity contribution in [2.24, 2.45) is 17.8 Å². The standard InChI is InChI=1S/C15H18O2/c16-9-12-2-1-3-15(8-12)17-10-14-7-11-4-5-13(14)6-11/h1-3,8-9,11,13-14H,4-7,10H2. The van der Waals surface area contributed by atoms with E-state index in [-0.39, 0.29) is 0 Å². The van der Waals surface area contributed by atoms with Crippen LogP contribution in [0.1, 0.15) is 36.0 Å². The minimum Gasteiger partial charge on any atom is -0.493 e. The Morgan fingerprint density at radius 2 is 2.24 bits per heavy atom. The summed E-state index contributed by atoms with van der Waals surface area (Å²) in [5.41, 5.74) is 0.690. The molecule has 3 unspecified atom stereocenters. The first-order chi connectivity index (χ1) is 8.35. The van der Waals surface area contributed by atoms with Crippen LogP contribution in [0.15, 0.2) is 24.3 Å². The molecule has 2 heteroatoms. The molecule has 0 N–H and O–H groups in total. The van der Waals surface area contributed by atoms with Crippen LogP contribution < -0.4 is 4.74 Å². The van der Waals surface area contributed by atoms with Gasteiger partial charge in [0.15, 0.2) is 0 Å². The quantitative estimate of drug-likeness (QED) is 0.742. The monoisotopic (exact) mass is 230 g/mol. The average molecular weight is 230 g/mol. The van der Waals surface area contributed by atoms with Gasteiger partial charge in [0.2, 0.25) is 0 Å². The summed E-state index contributed by atoms with van der Waals surface area (Å²) in [6, 6.07) is 7.43. The van der Waals surface area contributed by atoms with Crippen molar-refractivity contribution in [1.29, 1.82) is 0 Å². The normalized spacial score (nSPS) is 30.5. The average Bonchev–Trinajstić information content (AvgIpc) is 2.99. The van der Waals surface area contributed by atoms with Crippen LogP contribution in [0.5, 0.6) is 5.75 Å². The summed E-state index contributed by atoms with van der Waals surface area (Å²) >= 11 is 0. The van der Waals surface area contributed by atoms with Gasteiger partial charge in [-0.15, -0.1) is 0 Å². The molecular weight excluding hydrogens is 212 g/mol. The van der Waals surface area contributed by atoms with Crippen molar-refractivity contribution in [3.05, 3.63) is 29.8 Å². The summed E-state index contributed by atoms with van der Waals surface area (Å²) in [4.78, 5) is 10.7. The van der Waals surface area contributed by atoms with Crippen LogP contribution in [0, 0.1) is 17.8 Å². The minimum absolute atomic E-state index is 0.690. The molecule has 0 radical (unpaired) electrons. The number of hydrogen-bond acceptors (Lipinski definition) is 2. The third-order valence-electron chi connectivity index (χ3n) is 4.34. The van der Waals surface area contributed by atoms with Crippen LogP contribution in [0.4, 0.5) is 0 Å². The Balaban J connectivity index is 1.58. The lowest BCUT2D eigenvalue weighted by Gasteiger charge is -2.21. The third-order valence-corrected chi connectivity index (χ3v) is 4.34. The zero-order valence-electron chi connectivity index (χ0n) is 9.97. The molecule has 0 aromatic heterocycles. The van der Waals surface area contributed by atoms with Crippen LogP contribution >= 0.6 is 0 Å². The van der Waals surface area contributed by atoms with Gasteiger partial charge in [0.05, 0.1) is 6.61 Å². The molecule has 3 rings (SSSR count). The van der Waals surface area contributed by atoms with Crippen molar-refractivity contribution in [3.63, 3.8) is 0 Å². The zero-order chi connectivity index (χ0) is 11.7. The summed E-state index contributed by atoms with van der Waals surface area (Å²) in [7, 11) is 0. The second kappa shape index (κ2) is 4.52. The summed E-state index contributed by atoms with van der Waals surface area (Å²) in [5, 5.41) is 0. The molecular formula is C15H18O2. The lowest BCUT2D eigenvalue weighted by Crippen LogP contribution is -2.18. The number of hydrogen-bond donors (Lipinski definition) is 0. The van der Waals surface area contributed by atoms with Gasteiger partial charge >= 0.3 is 0 Å². The second-order valence-corrected chi connectivity index (χ2v) is 5.44. The van der Waals surface area contributed by atoms with Crippen LogP contribution in [-0.4, -0.2) is 12.9 Å². The molecule has 2 nitrogen and oxygen atoms in total. The SMILES string of the molecule is O=Cc1cccc(OCC2CC3CCC2C3)c1. The fourth-order valence-electron chi connectivity index (χ4n) is 3.46. The maximum atomic E-state index is 10.7. The van der Waals surface area contributed by atoms with E-state index in [0.717, 1.165) is 36.4 Å². The van der Waals surface area contributed by atoms with Crippen LogP contribution in [-0.2, 0) is 0 Å². The Morgan fingerprint density at radius 3 is 2.94 bits per heavy atom. The summed E-state index contributed by atoms with van der Waals surface area (Å²) in [5.74, 6) is 3.44. The Morgan fingerprint density at radius 1 is 1.29 bits per heavy atom. The maximum Gasteiger partial charge on any atom is 0.150 e. The third kappa shape index (κ3) is 2.21. The molecule has 2 saturated carbocycles.